The van der Waals surface area contributed by atoms with Gasteiger partial charge in [-0.15, -0.1) is 0 Å². The number of nitrogens with zero attached hydrogens (tertiary/aromatic N) is 2. The van der Waals surface area contributed by atoms with E-state index in [1.165, 1.54) is 30.3 Å². The highest BCUT2D eigenvalue weighted by atomic mass is 16.6. The molecule has 0 saturated carbocycles. The van der Waals surface area contributed by atoms with E-state index in [0.29, 0.717) is 5.56 Å². The second kappa shape index (κ2) is 9.56. The Morgan fingerprint density at radius 3 is 2.39 bits per heavy atom. The Morgan fingerprint density at radius 1 is 1.03 bits per heavy atom. The molecule has 3 aromatic carbocycles. The third-order valence-electron chi connectivity index (χ3n) is 7.09. The van der Waals surface area contributed by atoms with E-state index in [0.717, 1.165) is 16.5 Å². The summed E-state index contributed by atoms with van der Waals surface area (Å²) in [5.74, 6) is -5.03. The number of anilines is 1. The molecule has 0 aromatic heterocycles. The number of carboxylic acids is 1. The van der Waals surface area contributed by atoms with E-state index in [1.807, 2.05) is 30.3 Å². The molecule has 0 spiro atoms. The average molecular weight is 514 g/mol. The number of amides is 2. The zero-order valence-electron chi connectivity index (χ0n) is 19.9. The summed E-state index contributed by atoms with van der Waals surface area (Å²) in [4.78, 5) is 52.0. The van der Waals surface area contributed by atoms with Crippen molar-refractivity contribution in [3.8, 4) is 5.75 Å². The number of carbonyl (C=O) groups is 3. The SMILES string of the molecule is O=C1C2C(/C=C/c3ccccc3)NC(Cc3ccc(O)cc3)(C(=O)O)C2C(=O)N1c1cccc([N+](=O)[O-])c1. The minimum atomic E-state index is -1.85. The third-order valence-corrected chi connectivity index (χ3v) is 7.09. The van der Waals surface area contributed by atoms with Gasteiger partial charge in [0.05, 0.1) is 22.4 Å². The van der Waals surface area contributed by atoms with E-state index < -0.39 is 46.1 Å². The molecule has 10 nitrogen and oxygen atoms in total. The number of aliphatic carboxylic acids is 1. The molecule has 3 N–H and O–H groups in total. The van der Waals surface area contributed by atoms with Crippen molar-refractivity contribution in [2.45, 2.75) is 18.0 Å². The van der Waals surface area contributed by atoms with Gasteiger partial charge in [0, 0.05) is 24.6 Å². The quantitative estimate of drug-likeness (QED) is 0.248. The Morgan fingerprint density at radius 2 is 1.74 bits per heavy atom. The number of hydrogen-bond donors (Lipinski definition) is 3. The summed E-state index contributed by atoms with van der Waals surface area (Å²) in [7, 11) is 0. The van der Waals surface area contributed by atoms with Gasteiger partial charge in [-0.2, -0.15) is 0 Å². The molecule has 4 unspecified atom stereocenters. The molecule has 2 heterocycles. The summed E-state index contributed by atoms with van der Waals surface area (Å²) >= 11 is 0. The van der Waals surface area contributed by atoms with Crippen LogP contribution in [0.25, 0.3) is 6.08 Å². The Kier molecular flexibility index (Phi) is 6.25. The monoisotopic (exact) mass is 513 g/mol. The number of nitro benzene ring substituents is 1. The fourth-order valence-electron chi connectivity index (χ4n) is 5.36. The van der Waals surface area contributed by atoms with Crippen LogP contribution in [0.15, 0.2) is 84.9 Å². The second-order valence-electron chi connectivity index (χ2n) is 9.35. The van der Waals surface area contributed by atoms with Crippen LogP contribution in [0, 0.1) is 22.0 Å². The van der Waals surface area contributed by atoms with Crippen molar-refractivity contribution in [2.75, 3.05) is 4.90 Å². The number of phenolic OH excluding ortho intramolecular Hbond substituents is 1. The van der Waals surface area contributed by atoms with Crippen LogP contribution < -0.4 is 10.2 Å². The van der Waals surface area contributed by atoms with E-state index >= 15 is 0 Å². The molecular weight excluding hydrogens is 490 g/mol. The van der Waals surface area contributed by atoms with Crippen LogP contribution in [0.3, 0.4) is 0 Å². The summed E-state index contributed by atoms with van der Waals surface area (Å²) in [6.45, 7) is 0. The normalized spacial score (nSPS) is 24.6. The summed E-state index contributed by atoms with van der Waals surface area (Å²) in [6, 6.07) is 19.5. The summed E-state index contributed by atoms with van der Waals surface area (Å²) in [6.07, 6.45) is 3.29. The van der Waals surface area contributed by atoms with Crippen molar-refractivity contribution in [1.82, 2.24) is 5.32 Å². The molecule has 2 aliphatic rings. The molecule has 0 aliphatic carbocycles. The van der Waals surface area contributed by atoms with Crippen LogP contribution in [-0.2, 0) is 20.8 Å². The number of nitro groups is 1. The van der Waals surface area contributed by atoms with E-state index in [1.54, 1.807) is 24.3 Å². The highest BCUT2D eigenvalue weighted by Crippen LogP contribution is 2.46. The van der Waals surface area contributed by atoms with Crippen LogP contribution in [0.4, 0.5) is 11.4 Å². The van der Waals surface area contributed by atoms with Gasteiger partial charge in [-0.1, -0.05) is 60.7 Å². The number of rotatable bonds is 7. The molecule has 38 heavy (non-hydrogen) atoms. The Hall–Kier alpha value is -4.83. The lowest BCUT2D eigenvalue weighted by Gasteiger charge is -2.31. The molecule has 2 aliphatic heterocycles. The number of aromatic hydroxyl groups is 1. The zero-order chi connectivity index (χ0) is 27.0. The number of non-ortho nitro benzene ring substituents is 1. The van der Waals surface area contributed by atoms with E-state index in [9.17, 15) is 34.7 Å². The topological polar surface area (TPSA) is 150 Å². The first-order valence-electron chi connectivity index (χ1n) is 11.9. The Bertz CT molecular complexity index is 1450. The van der Waals surface area contributed by atoms with E-state index in [-0.39, 0.29) is 23.5 Å². The molecular formula is C28H23N3O7. The first-order valence-corrected chi connectivity index (χ1v) is 11.9. The van der Waals surface area contributed by atoms with Crippen molar-refractivity contribution in [1.29, 1.82) is 0 Å². The van der Waals surface area contributed by atoms with Crippen molar-refractivity contribution in [3.63, 3.8) is 0 Å². The summed E-state index contributed by atoms with van der Waals surface area (Å²) in [5.41, 5.74) is -0.774. The van der Waals surface area contributed by atoms with Gasteiger partial charge >= 0.3 is 5.97 Å². The summed E-state index contributed by atoms with van der Waals surface area (Å²) < 4.78 is 0. The van der Waals surface area contributed by atoms with Gasteiger partial charge in [-0.05, 0) is 29.3 Å². The molecule has 4 atom stereocenters. The first-order chi connectivity index (χ1) is 18.2. The standard InChI is InChI=1S/C28H23N3O7/c32-21-12-9-18(10-13-21)16-28(27(35)36)24-23(22(29-28)14-11-17-5-2-1-3-6-17)25(33)30(26(24)34)19-7-4-8-20(15-19)31(37)38/h1-15,22-24,29,32H,16H2,(H,35,36)/b14-11+. The molecule has 2 saturated heterocycles. The van der Waals surface area contributed by atoms with Crippen LogP contribution in [0.2, 0.25) is 0 Å². The molecule has 5 rings (SSSR count). The van der Waals surface area contributed by atoms with Crippen LogP contribution in [0.1, 0.15) is 11.1 Å². The number of carbonyl (C=O) groups excluding carboxylic acids is 2. The highest BCUT2D eigenvalue weighted by Gasteiger charge is 2.68. The minimum absolute atomic E-state index is 0.00280. The fourth-order valence-corrected chi connectivity index (χ4v) is 5.36. The van der Waals surface area contributed by atoms with Crippen molar-refractivity contribution >= 4 is 35.2 Å². The number of benzene rings is 3. The van der Waals surface area contributed by atoms with Gasteiger partial charge in [0.2, 0.25) is 11.8 Å². The van der Waals surface area contributed by atoms with Crippen molar-refractivity contribution in [2.24, 2.45) is 11.8 Å². The predicted octanol–water partition coefficient (Wildman–Crippen LogP) is 3.16. The highest BCUT2D eigenvalue weighted by molar-refractivity contribution is 6.24. The number of hydrogen-bond acceptors (Lipinski definition) is 7. The summed E-state index contributed by atoms with van der Waals surface area (Å²) in [5, 5.41) is 34.6. The third kappa shape index (κ3) is 4.20. The predicted molar refractivity (Wildman–Crippen MR) is 137 cm³/mol. The minimum Gasteiger partial charge on any atom is -0.508 e. The van der Waals surface area contributed by atoms with Crippen LogP contribution >= 0.6 is 0 Å². The van der Waals surface area contributed by atoms with Crippen LogP contribution in [-0.4, -0.2) is 44.5 Å². The van der Waals surface area contributed by atoms with Gasteiger partial charge in [0.25, 0.3) is 5.69 Å². The maximum Gasteiger partial charge on any atom is 0.325 e. The number of carboxylic acid groups (broad SMARTS) is 1. The second-order valence-corrected chi connectivity index (χ2v) is 9.35. The largest absolute Gasteiger partial charge is 0.508 e. The maximum atomic E-state index is 13.8. The van der Waals surface area contributed by atoms with E-state index in [4.69, 9.17) is 0 Å². The smallest absolute Gasteiger partial charge is 0.325 e. The van der Waals surface area contributed by atoms with Gasteiger partial charge in [-0.25, -0.2) is 4.90 Å². The Balaban J connectivity index is 1.60. The van der Waals surface area contributed by atoms with E-state index in [2.05, 4.69) is 5.32 Å². The molecule has 0 bridgehead atoms. The molecule has 192 valence electrons. The zero-order valence-corrected chi connectivity index (χ0v) is 19.9. The van der Waals surface area contributed by atoms with Gasteiger partial charge in [0.15, 0.2) is 0 Å². The lowest BCUT2D eigenvalue weighted by Crippen LogP contribution is -2.58. The Labute approximate surface area is 217 Å². The fraction of sp³-hybridized carbons (Fsp3) is 0.179. The van der Waals surface area contributed by atoms with Crippen molar-refractivity contribution < 1.29 is 29.5 Å². The maximum absolute atomic E-state index is 13.8. The number of imide groups is 1. The van der Waals surface area contributed by atoms with Gasteiger partial charge < -0.3 is 10.2 Å². The number of phenols is 1. The molecule has 3 aromatic rings. The van der Waals surface area contributed by atoms with Crippen molar-refractivity contribution in [3.05, 3.63) is 106 Å². The number of nitrogens with one attached hydrogen (secondary N) is 1. The van der Waals surface area contributed by atoms with Gasteiger partial charge in [0.1, 0.15) is 11.3 Å². The number of fused-ring (bicyclic) bond motifs is 1. The average Bonchev–Trinajstić information content (AvgIpc) is 3.38. The molecule has 2 amide bonds. The lowest BCUT2D eigenvalue weighted by molar-refractivity contribution is -0.384. The van der Waals surface area contributed by atoms with Gasteiger partial charge in [-0.3, -0.25) is 29.8 Å². The lowest BCUT2D eigenvalue weighted by atomic mass is 9.76. The van der Waals surface area contributed by atoms with Crippen LogP contribution in [0.5, 0.6) is 5.75 Å². The molecule has 0 radical (unpaired) electrons. The molecule has 10 heteroatoms. The molecule has 2 fully saturated rings. The first kappa shape index (κ1) is 24.8.